The van der Waals surface area contributed by atoms with Gasteiger partial charge in [0.2, 0.25) is 0 Å². The SMILES string of the molecule is c1ccc(-c2c3ccccc3c(-c3cccc4c3[nH]c3ccccc34)c3ccccc23)cc1. The van der Waals surface area contributed by atoms with Crippen molar-refractivity contribution in [2.24, 2.45) is 0 Å². The maximum absolute atomic E-state index is 3.72. The van der Waals surface area contributed by atoms with Crippen molar-refractivity contribution < 1.29 is 0 Å². The van der Waals surface area contributed by atoms with Crippen LogP contribution in [0.25, 0.3) is 65.6 Å². The standard InChI is InChI=1S/C32H21N/c1-2-11-21(12-3-1)30-23-14-4-6-16-25(23)31(26-17-7-5-15-24(26)30)28-19-10-18-27-22-13-8-9-20-29(22)33-32(27)28/h1-20,33H. The van der Waals surface area contributed by atoms with Gasteiger partial charge in [-0.3, -0.25) is 0 Å². The zero-order valence-electron chi connectivity index (χ0n) is 18.0. The molecule has 0 aliphatic heterocycles. The van der Waals surface area contributed by atoms with Crippen molar-refractivity contribution in [3.63, 3.8) is 0 Å². The van der Waals surface area contributed by atoms with E-state index >= 15 is 0 Å². The van der Waals surface area contributed by atoms with Crippen LogP contribution < -0.4 is 0 Å². The van der Waals surface area contributed by atoms with Crippen LogP contribution in [-0.2, 0) is 0 Å². The van der Waals surface area contributed by atoms with E-state index in [0.29, 0.717) is 0 Å². The molecule has 1 N–H and O–H groups in total. The van der Waals surface area contributed by atoms with E-state index in [1.807, 2.05) is 0 Å². The molecule has 33 heavy (non-hydrogen) atoms. The monoisotopic (exact) mass is 419 g/mol. The lowest BCUT2D eigenvalue weighted by molar-refractivity contribution is 1.54. The van der Waals surface area contributed by atoms with Gasteiger partial charge in [0.25, 0.3) is 0 Å². The first kappa shape index (κ1) is 18.2. The lowest BCUT2D eigenvalue weighted by Crippen LogP contribution is -1.91. The summed E-state index contributed by atoms with van der Waals surface area (Å²) in [5, 5.41) is 7.66. The summed E-state index contributed by atoms with van der Waals surface area (Å²) in [5.74, 6) is 0. The minimum Gasteiger partial charge on any atom is -0.354 e. The molecule has 6 aromatic carbocycles. The maximum atomic E-state index is 3.72. The molecule has 1 heterocycles. The van der Waals surface area contributed by atoms with Crippen LogP contribution in [0.4, 0.5) is 0 Å². The number of H-pyrrole nitrogens is 1. The highest BCUT2D eigenvalue weighted by Crippen LogP contribution is 2.45. The summed E-state index contributed by atoms with van der Waals surface area (Å²) >= 11 is 0. The summed E-state index contributed by atoms with van der Waals surface area (Å²) in [6.45, 7) is 0. The second-order valence-corrected chi connectivity index (χ2v) is 8.61. The van der Waals surface area contributed by atoms with Crippen LogP contribution in [0.1, 0.15) is 0 Å². The second kappa shape index (κ2) is 7.08. The van der Waals surface area contributed by atoms with E-state index in [9.17, 15) is 0 Å². The summed E-state index contributed by atoms with van der Waals surface area (Å²) in [4.78, 5) is 3.72. The van der Waals surface area contributed by atoms with Crippen molar-refractivity contribution in [1.29, 1.82) is 0 Å². The predicted octanol–water partition coefficient (Wildman–Crippen LogP) is 8.96. The highest BCUT2D eigenvalue weighted by Gasteiger charge is 2.18. The Kier molecular flexibility index (Phi) is 3.91. The smallest absolute Gasteiger partial charge is 0.0544 e. The Morgan fingerprint density at radius 3 is 1.55 bits per heavy atom. The summed E-state index contributed by atoms with van der Waals surface area (Å²) in [7, 11) is 0. The van der Waals surface area contributed by atoms with Crippen LogP contribution in [0, 0.1) is 0 Å². The van der Waals surface area contributed by atoms with Gasteiger partial charge in [-0.15, -0.1) is 0 Å². The highest BCUT2D eigenvalue weighted by atomic mass is 14.7. The molecule has 0 saturated carbocycles. The summed E-state index contributed by atoms with van der Waals surface area (Å²) in [6.07, 6.45) is 0. The van der Waals surface area contributed by atoms with E-state index in [2.05, 4.69) is 126 Å². The number of hydrogen-bond donors (Lipinski definition) is 1. The Hall–Kier alpha value is -4.36. The molecule has 0 spiro atoms. The van der Waals surface area contributed by atoms with Gasteiger partial charge >= 0.3 is 0 Å². The lowest BCUT2D eigenvalue weighted by Gasteiger charge is -2.18. The average Bonchev–Trinajstić information content (AvgIpc) is 3.27. The van der Waals surface area contributed by atoms with Gasteiger partial charge in [0.1, 0.15) is 0 Å². The summed E-state index contributed by atoms with van der Waals surface area (Å²) < 4.78 is 0. The van der Waals surface area contributed by atoms with E-state index < -0.39 is 0 Å². The van der Waals surface area contributed by atoms with Gasteiger partial charge in [0.05, 0.1) is 5.52 Å². The molecular weight excluding hydrogens is 398 g/mol. The van der Waals surface area contributed by atoms with Crippen LogP contribution in [-0.4, -0.2) is 4.98 Å². The zero-order chi connectivity index (χ0) is 21.8. The van der Waals surface area contributed by atoms with Crippen LogP contribution in [0.15, 0.2) is 121 Å². The van der Waals surface area contributed by atoms with E-state index in [4.69, 9.17) is 0 Å². The van der Waals surface area contributed by atoms with Crippen LogP contribution in [0.2, 0.25) is 0 Å². The van der Waals surface area contributed by atoms with E-state index in [0.717, 1.165) is 0 Å². The number of aromatic nitrogens is 1. The molecule has 0 saturated heterocycles. The van der Waals surface area contributed by atoms with Crippen molar-refractivity contribution in [2.45, 2.75) is 0 Å². The molecule has 7 aromatic rings. The Morgan fingerprint density at radius 2 is 0.879 bits per heavy atom. The number of aromatic amines is 1. The number of nitrogens with one attached hydrogen (secondary N) is 1. The minimum atomic E-state index is 1.18. The molecule has 0 amide bonds. The predicted molar refractivity (Wildman–Crippen MR) is 142 cm³/mol. The molecule has 0 bridgehead atoms. The van der Waals surface area contributed by atoms with Gasteiger partial charge in [0, 0.05) is 21.9 Å². The molecule has 0 aliphatic carbocycles. The molecule has 1 aromatic heterocycles. The summed E-state index contributed by atoms with van der Waals surface area (Å²) in [5.41, 5.74) is 7.46. The summed E-state index contributed by atoms with van der Waals surface area (Å²) in [6, 6.07) is 43.7. The van der Waals surface area contributed by atoms with Crippen LogP contribution in [0.3, 0.4) is 0 Å². The highest BCUT2D eigenvalue weighted by molar-refractivity contribution is 6.24. The van der Waals surface area contributed by atoms with E-state index in [1.54, 1.807) is 0 Å². The zero-order valence-corrected chi connectivity index (χ0v) is 18.0. The normalized spacial score (nSPS) is 11.6. The first-order valence-electron chi connectivity index (χ1n) is 11.4. The number of benzene rings is 6. The Bertz CT molecular complexity index is 1750. The van der Waals surface area contributed by atoms with Gasteiger partial charge in [-0.05, 0) is 44.3 Å². The van der Waals surface area contributed by atoms with Gasteiger partial charge < -0.3 is 4.98 Å². The van der Waals surface area contributed by atoms with Crippen molar-refractivity contribution in [3.8, 4) is 22.3 Å². The van der Waals surface area contributed by atoms with Crippen molar-refractivity contribution in [2.75, 3.05) is 0 Å². The van der Waals surface area contributed by atoms with Crippen molar-refractivity contribution in [3.05, 3.63) is 121 Å². The Balaban J connectivity index is 1.69. The molecule has 7 rings (SSSR count). The number of fused-ring (bicyclic) bond motifs is 5. The van der Waals surface area contributed by atoms with Crippen molar-refractivity contribution in [1.82, 2.24) is 4.98 Å². The third-order valence-corrected chi connectivity index (χ3v) is 6.80. The quantitative estimate of drug-likeness (QED) is 0.269. The molecule has 0 fully saturated rings. The fraction of sp³-hybridized carbons (Fsp3) is 0. The number of hydrogen-bond acceptors (Lipinski definition) is 0. The van der Waals surface area contributed by atoms with Crippen LogP contribution >= 0.6 is 0 Å². The molecule has 0 radical (unpaired) electrons. The molecule has 0 aliphatic rings. The molecule has 0 atom stereocenters. The topological polar surface area (TPSA) is 15.8 Å². The first-order valence-corrected chi connectivity index (χ1v) is 11.4. The van der Waals surface area contributed by atoms with E-state index in [-0.39, 0.29) is 0 Å². The second-order valence-electron chi connectivity index (χ2n) is 8.61. The molecule has 1 nitrogen and oxygen atoms in total. The van der Waals surface area contributed by atoms with Gasteiger partial charge in [-0.2, -0.15) is 0 Å². The Morgan fingerprint density at radius 1 is 0.364 bits per heavy atom. The average molecular weight is 420 g/mol. The van der Waals surface area contributed by atoms with E-state index in [1.165, 1.54) is 65.6 Å². The van der Waals surface area contributed by atoms with Gasteiger partial charge in [0.15, 0.2) is 0 Å². The number of rotatable bonds is 2. The third-order valence-electron chi connectivity index (χ3n) is 6.80. The van der Waals surface area contributed by atoms with Crippen LogP contribution in [0.5, 0.6) is 0 Å². The Labute approximate surface area is 191 Å². The third kappa shape index (κ3) is 2.66. The minimum absolute atomic E-state index is 1.18. The molecule has 1 heteroatoms. The molecule has 154 valence electrons. The van der Waals surface area contributed by atoms with Crippen molar-refractivity contribution >= 4 is 43.4 Å². The number of para-hydroxylation sites is 2. The fourth-order valence-corrected chi connectivity index (χ4v) is 5.42. The molecule has 0 unspecified atom stereocenters. The fourth-order valence-electron chi connectivity index (χ4n) is 5.42. The van der Waals surface area contributed by atoms with Gasteiger partial charge in [-0.25, -0.2) is 0 Å². The first-order chi connectivity index (χ1) is 16.4. The molecular formula is C32H21N. The lowest BCUT2D eigenvalue weighted by atomic mass is 9.85. The maximum Gasteiger partial charge on any atom is 0.0544 e. The largest absolute Gasteiger partial charge is 0.354 e. The van der Waals surface area contributed by atoms with Gasteiger partial charge in [-0.1, -0.05) is 115 Å².